The molecule has 1 aromatic heterocycles. The first-order chi connectivity index (χ1) is 12.9. The fourth-order valence-electron chi connectivity index (χ4n) is 3.70. The van der Waals surface area contributed by atoms with E-state index in [1.807, 2.05) is 6.92 Å². The van der Waals surface area contributed by atoms with E-state index in [9.17, 15) is 13.2 Å². The molecule has 0 unspecified atom stereocenters. The highest BCUT2D eigenvalue weighted by Gasteiger charge is 2.38. The van der Waals surface area contributed by atoms with E-state index in [1.165, 1.54) is 16.4 Å². The maximum Gasteiger partial charge on any atom is 0.262 e. The molecule has 1 saturated carbocycles. The SMILES string of the molecule is C[C@H]1CN(S(=O)(=O)c2ccc3c(c2)NC(=O)CO3)Cc2nnc(C3CC3)n21. The molecule has 3 aliphatic rings. The molecule has 1 fully saturated rings. The highest BCUT2D eigenvalue weighted by molar-refractivity contribution is 7.89. The van der Waals surface area contributed by atoms with Gasteiger partial charge in [0.15, 0.2) is 6.61 Å². The maximum absolute atomic E-state index is 13.2. The van der Waals surface area contributed by atoms with Crippen molar-refractivity contribution >= 4 is 21.6 Å². The van der Waals surface area contributed by atoms with Crippen LogP contribution in [-0.4, -0.2) is 46.5 Å². The third-order valence-electron chi connectivity index (χ3n) is 5.18. The molecule has 9 nitrogen and oxygen atoms in total. The van der Waals surface area contributed by atoms with E-state index in [4.69, 9.17) is 4.74 Å². The number of nitrogens with one attached hydrogen (secondary N) is 1. The van der Waals surface area contributed by atoms with Gasteiger partial charge in [0.1, 0.15) is 17.4 Å². The van der Waals surface area contributed by atoms with Gasteiger partial charge >= 0.3 is 0 Å². The van der Waals surface area contributed by atoms with Crippen molar-refractivity contribution in [3.05, 3.63) is 29.8 Å². The minimum Gasteiger partial charge on any atom is -0.482 e. The van der Waals surface area contributed by atoms with Crippen LogP contribution >= 0.6 is 0 Å². The fraction of sp³-hybridized carbons (Fsp3) is 0.471. The molecule has 0 radical (unpaired) electrons. The van der Waals surface area contributed by atoms with E-state index in [-0.39, 0.29) is 30.0 Å². The smallest absolute Gasteiger partial charge is 0.262 e. The molecule has 1 N–H and O–H groups in total. The lowest BCUT2D eigenvalue weighted by Gasteiger charge is -2.32. The number of hydrogen-bond acceptors (Lipinski definition) is 6. The number of carbonyl (C=O) groups excluding carboxylic acids is 1. The summed E-state index contributed by atoms with van der Waals surface area (Å²) in [5.74, 6) is 2.27. The molecule has 2 aromatic rings. The lowest BCUT2D eigenvalue weighted by molar-refractivity contribution is -0.118. The van der Waals surface area contributed by atoms with Gasteiger partial charge < -0.3 is 14.6 Å². The van der Waals surface area contributed by atoms with Crippen LogP contribution in [0.1, 0.15) is 43.4 Å². The summed E-state index contributed by atoms with van der Waals surface area (Å²) in [6, 6.07) is 4.49. The van der Waals surface area contributed by atoms with Crippen LogP contribution in [0.4, 0.5) is 5.69 Å². The Morgan fingerprint density at radius 1 is 1.26 bits per heavy atom. The van der Waals surface area contributed by atoms with Gasteiger partial charge in [-0.2, -0.15) is 4.31 Å². The predicted molar refractivity (Wildman–Crippen MR) is 94.9 cm³/mol. The van der Waals surface area contributed by atoms with Crippen LogP contribution in [0.5, 0.6) is 5.75 Å². The van der Waals surface area contributed by atoms with Gasteiger partial charge in [-0.3, -0.25) is 4.79 Å². The number of amides is 1. The zero-order chi connectivity index (χ0) is 18.8. The number of hydrogen-bond donors (Lipinski definition) is 1. The topological polar surface area (TPSA) is 106 Å². The van der Waals surface area contributed by atoms with Crippen LogP contribution in [-0.2, 0) is 21.4 Å². The molecule has 1 amide bonds. The van der Waals surface area contributed by atoms with Crippen LogP contribution in [0.25, 0.3) is 0 Å². The van der Waals surface area contributed by atoms with E-state index in [2.05, 4.69) is 20.1 Å². The van der Waals surface area contributed by atoms with Gasteiger partial charge in [0.25, 0.3) is 5.91 Å². The third-order valence-corrected chi connectivity index (χ3v) is 6.99. The van der Waals surface area contributed by atoms with Crippen LogP contribution in [0, 0.1) is 0 Å². The largest absolute Gasteiger partial charge is 0.482 e. The first kappa shape index (κ1) is 16.7. The van der Waals surface area contributed by atoms with Gasteiger partial charge in [-0.25, -0.2) is 8.42 Å². The summed E-state index contributed by atoms with van der Waals surface area (Å²) in [5, 5.41) is 11.2. The summed E-state index contributed by atoms with van der Waals surface area (Å²) in [6.07, 6.45) is 2.24. The molecule has 27 heavy (non-hydrogen) atoms. The van der Waals surface area contributed by atoms with Crippen LogP contribution in [0.2, 0.25) is 0 Å². The zero-order valence-corrected chi connectivity index (χ0v) is 15.6. The van der Waals surface area contributed by atoms with E-state index in [0.717, 1.165) is 18.7 Å². The number of aromatic nitrogens is 3. The molecule has 142 valence electrons. The molecule has 3 heterocycles. The average Bonchev–Trinajstić information content (AvgIpc) is 3.40. The van der Waals surface area contributed by atoms with Gasteiger partial charge in [0.05, 0.1) is 17.1 Å². The monoisotopic (exact) mass is 389 g/mol. The number of ether oxygens (including phenoxy) is 1. The summed E-state index contributed by atoms with van der Waals surface area (Å²) in [5.41, 5.74) is 0.372. The van der Waals surface area contributed by atoms with Crippen molar-refractivity contribution in [1.29, 1.82) is 0 Å². The van der Waals surface area contributed by atoms with E-state index < -0.39 is 10.0 Å². The number of nitrogens with zero attached hydrogens (tertiary/aromatic N) is 4. The van der Waals surface area contributed by atoms with Crippen molar-refractivity contribution in [2.24, 2.45) is 0 Å². The van der Waals surface area contributed by atoms with Crippen LogP contribution in [0.15, 0.2) is 23.1 Å². The quantitative estimate of drug-likeness (QED) is 0.847. The molecule has 0 spiro atoms. The number of rotatable bonds is 3. The number of anilines is 1. The van der Waals surface area contributed by atoms with Gasteiger partial charge in [-0.05, 0) is 38.0 Å². The predicted octanol–water partition coefficient (Wildman–Crippen LogP) is 1.25. The summed E-state index contributed by atoms with van der Waals surface area (Å²) in [6.45, 7) is 2.46. The number of benzene rings is 1. The first-order valence-corrected chi connectivity index (χ1v) is 10.4. The van der Waals surface area contributed by atoms with Crippen molar-refractivity contribution < 1.29 is 17.9 Å². The van der Waals surface area contributed by atoms with Gasteiger partial charge in [-0.15, -0.1) is 10.2 Å². The average molecular weight is 389 g/mol. The van der Waals surface area contributed by atoms with E-state index >= 15 is 0 Å². The lowest BCUT2D eigenvalue weighted by Crippen LogP contribution is -2.40. The Labute approximate surface area is 156 Å². The normalized spacial score (nSPS) is 22.6. The van der Waals surface area contributed by atoms with Gasteiger partial charge in [0.2, 0.25) is 10.0 Å². The molecule has 5 rings (SSSR count). The van der Waals surface area contributed by atoms with Gasteiger partial charge in [0, 0.05) is 18.5 Å². The van der Waals surface area contributed by atoms with E-state index in [0.29, 0.717) is 29.7 Å². The Morgan fingerprint density at radius 3 is 2.85 bits per heavy atom. The molecule has 1 aliphatic carbocycles. The van der Waals surface area contributed by atoms with E-state index in [1.54, 1.807) is 6.07 Å². The van der Waals surface area contributed by atoms with Crippen molar-refractivity contribution in [3.63, 3.8) is 0 Å². The molecule has 0 bridgehead atoms. The summed E-state index contributed by atoms with van der Waals surface area (Å²) in [4.78, 5) is 11.6. The molecule has 0 saturated heterocycles. The van der Waals surface area contributed by atoms with Crippen LogP contribution in [0.3, 0.4) is 0 Å². The summed E-state index contributed by atoms with van der Waals surface area (Å²) >= 11 is 0. The van der Waals surface area contributed by atoms with Gasteiger partial charge in [-0.1, -0.05) is 0 Å². The Hall–Kier alpha value is -2.46. The Bertz CT molecular complexity index is 1040. The zero-order valence-electron chi connectivity index (χ0n) is 14.8. The Morgan fingerprint density at radius 2 is 2.07 bits per heavy atom. The molecular formula is C17H19N5O4S. The van der Waals surface area contributed by atoms with Crippen LogP contribution < -0.4 is 10.1 Å². The molecule has 1 atom stereocenters. The fourth-order valence-corrected chi connectivity index (χ4v) is 5.20. The highest BCUT2D eigenvalue weighted by atomic mass is 32.2. The number of fused-ring (bicyclic) bond motifs is 2. The third kappa shape index (κ3) is 2.71. The minimum absolute atomic E-state index is 0.0326. The van der Waals surface area contributed by atoms with Crippen molar-refractivity contribution in [3.8, 4) is 5.75 Å². The maximum atomic E-state index is 13.2. The second kappa shape index (κ2) is 5.77. The Balaban J connectivity index is 1.47. The molecule has 1 aromatic carbocycles. The summed E-state index contributed by atoms with van der Waals surface area (Å²) < 4.78 is 35.2. The second-order valence-corrected chi connectivity index (χ2v) is 9.20. The molecule has 2 aliphatic heterocycles. The standard InChI is InChI=1S/C17H19N5O4S/c1-10-7-21(8-15-19-20-17(22(10)15)11-2-3-11)27(24,25)12-4-5-14-13(6-12)18-16(23)9-26-14/h4-6,10-11H,2-3,7-9H2,1H3,(H,18,23)/t10-/m0/s1. The minimum atomic E-state index is -3.74. The number of sulfonamides is 1. The first-order valence-electron chi connectivity index (χ1n) is 8.94. The van der Waals surface area contributed by atoms with Crippen molar-refractivity contribution in [1.82, 2.24) is 19.1 Å². The molecular weight excluding hydrogens is 370 g/mol. The highest BCUT2D eigenvalue weighted by Crippen LogP contribution is 2.41. The second-order valence-electron chi connectivity index (χ2n) is 7.26. The summed E-state index contributed by atoms with van der Waals surface area (Å²) in [7, 11) is -3.74. The van der Waals surface area contributed by atoms with Crippen molar-refractivity contribution in [2.75, 3.05) is 18.5 Å². The Kier molecular flexibility index (Phi) is 3.57. The molecule has 10 heteroatoms. The number of carbonyl (C=O) groups is 1. The van der Waals surface area contributed by atoms with Crippen molar-refractivity contribution in [2.45, 2.75) is 43.2 Å². The lowest BCUT2D eigenvalue weighted by atomic mass is 10.2.